The lowest BCUT2D eigenvalue weighted by Crippen LogP contribution is -2.56. The molecule has 0 aromatic heterocycles. The second-order valence-corrected chi connectivity index (χ2v) is 8.27. The molecule has 134 valence electrons. The second-order valence-electron chi connectivity index (χ2n) is 8.27. The number of hydrogen-bond acceptors (Lipinski definition) is 4. The molecule has 2 atom stereocenters. The predicted molar refractivity (Wildman–Crippen MR) is 93.7 cm³/mol. The Kier molecular flexibility index (Phi) is 6.32. The fourth-order valence-corrected chi connectivity index (χ4v) is 3.68. The van der Waals surface area contributed by atoms with E-state index in [1.54, 1.807) is 0 Å². The van der Waals surface area contributed by atoms with E-state index >= 15 is 0 Å². The number of piperidine rings is 2. The Morgan fingerprint density at radius 1 is 1.13 bits per heavy atom. The zero-order valence-corrected chi connectivity index (χ0v) is 15.6. The van der Waals surface area contributed by atoms with Gasteiger partial charge in [0, 0.05) is 18.6 Å². The number of ether oxygens (including phenoxy) is 1. The molecule has 0 radical (unpaired) electrons. The summed E-state index contributed by atoms with van der Waals surface area (Å²) >= 11 is 0. The van der Waals surface area contributed by atoms with Gasteiger partial charge in [0.1, 0.15) is 5.60 Å². The highest BCUT2D eigenvalue weighted by Gasteiger charge is 2.34. The van der Waals surface area contributed by atoms with Crippen LogP contribution in [0.4, 0.5) is 4.79 Å². The topological polar surface area (TPSA) is 44.8 Å². The van der Waals surface area contributed by atoms with Crippen molar-refractivity contribution in [3.63, 3.8) is 0 Å². The van der Waals surface area contributed by atoms with Crippen molar-refractivity contribution in [2.45, 2.75) is 83.5 Å². The highest BCUT2D eigenvalue weighted by Crippen LogP contribution is 2.23. The molecule has 5 nitrogen and oxygen atoms in total. The van der Waals surface area contributed by atoms with Crippen molar-refractivity contribution in [1.29, 1.82) is 0 Å². The fraction of sp³-hybridized carbons (Fsp3) is 0.944. The smallest absolute Gasteiger partial charge is 0.410 e. The lowest BCUT2D eigenvalue weighted by atomic mass is 9.95. The van der Waals surface area contributed by atoms with E-state index in [4.69, 9.17) is 4.74 Å². The predicted octanol–water partition coefficient (Wildman–Crippen LogP) is 2.85. The Hall–Kier alpha value is -0.810. The van der Waals surface area contributed by atoms with E-state index in [1.807, 2.05) is 25.7 Å². The maximum absolute atomic E-state index is 12.5. The minimum Gasteiger partial charge on any atom is -0.444 e. The fourth-order valence-electron chi connectivity index (χ4n) is 3.68. The molecule has 0 bridgehead atoms. The van der Waals surface area contributed by atoms with E-state index in [2.05, 4.69) is 24.2 Å². The molecule has 0 spiro atoms. The van der Waals surface area contributed by atoms with Gasteiger partial charge in [0.2, 0.25) is 0 Å². The monoisotopic (exact) mass is 325 g/mol. The maximum Gasteiger partial charge on any atom is 0.410 e. The van der Waals surface area contributed by atoms with Crippen molar-refractivity contribution in [3.05, 3.63) is 0 Å². The molecule has 2 aliphatic heterocycles. The molecule has 2 rings (SSSR count). The number of hydrogen-bond donors (Lipinski definition) is 1. The standard InChI is InChI=1S/C18H35N3O2/c1-14(19-15-9-12-20(5)13-10-15)16-8-6-7-11-21(16)17(22)23-18(2,3)4/h14-16,19H,6-13H2,1-5H3/t14?,16-/m1/s1. The molecule has 0 saturated carbocycles. The molecule has 0 aromatic carbocycles. The van der Waals surface area contributed by atoms with Crippen molar-refractivity contribution in [2.24, 2.45) is 0 Å². The van der Waals surface area contributed by atoms with Crippen LogP contribution in [0.3, 0.4) is 0 Å². The van der Waals surface area contributed by atoms with Gasteiger partial charge in [-0.15, -0.1) is 0 Å². The van der Waals surface area contributed by atoms with Crippen LogP contribution in [-0.2, 0) is 4.74 Å². The third kappa shape index (κ3) is 5.64. The third-order valence-electron chi connectivity index (χ3n) is 4.97. The van der Waals surface area contributed by atoms with Gasteiger partial charge in [0.05, 0.1) is 6.04 Å². The summed E-state index contributed by atoms with van der Waals surface area (Å²) in [5.41, 5.74) is -0.427. The average molecular weight is 325 g/mol. The van der Waals surface area contributed by atoms with E-state index in [-0.39, 0.29) is 12.1 Å². The Balaban J connectivity index is 1.92. The van der Waals surface area contributed by atoms with Gasteiger partial charge in [-0.25, -0.2) is 4.79 Å². The molecular weight excluding hydrogens is 290 g/mol. The van der Waals surface area contributed by atoms with Crippen LogP contribution >= 0.6 is 0 Å². The van der Waals surface area contributed by atoms with Gasteiger partial charge in [-0.2, -0.15) is 0 Å². The zero-order valence-electron chi connectivity index (χ0n) is 15.6. The van der Waals surface area contributed by atoms with Crippen LogP contribution in [0.1, 0.15) is 59.8 Å². The molecule has 0 aliphatic carbocycles. The quantitative estimate of drug-likeness (QED) is 0.866. The summed E-state index contributed by atoms with van der Waals surface area (Å²) in [5, 5.41) is 3.78. The molecule has 2 fully saturated rings. The molecule has 1 amide bonds. The van der Waals surface area contributed by atoms with Crippen LogP contribution in [0.2, 0.25) is 0 Å². The first-order chi connectivity index (χ1) is 10.8. The first-order valence-electron chi connectivity index (χ1n) is 9.20. The molecule has 2 saturated heterocycles. The van der Waals surface area contributed by atoms with Crippen LogP contribution in [-0.4, -0.2) is 66.3 Å². The van der Waals surface area contributed by atoms with Crippen molar-refractivity contribution in [1.82, 2.24) is 15.1 Å². The van der Waals surface area contributed by atoms with Gasteiger partial charge >= 0.3 is 6.09 Å². The zero-order chi connectivity index (χ0) is 17.0. The van der Waals surface area contributed by atoms with E-state index in [0.29, 0.717) is 12.1 Å². The number of carbonyl (C=O) groups excluding carboxylic acids is 1. The Morgan fingerprint density at radius 3 is 2.39 bits per heavy atom. The normalized spacial score (nSPS) is 26.1. The van der Waals surface area contributed by atoms with E-state index in [9.17, 15) is 4.79 Å². The van der Waals surface area contributed by atoms with Crippen LogP contribution in [0.25, 0.3) is 0 Å². The first-order valence-corrected chi connectivity index (χ1v) is 9.20. The number of carbonyl (C=O) groups is 1. The summed E-state index contributed by atoms with van der Waals surface area (Å²) in [5.74, 6) is 0. The highest BCUT2D eigenvalue weighted by molar-refractivity contribution is 5.68. The summed E-state index contributed by atoms with van der Waals surface area (Å²) in [6.07, 6.45) is 5.58. The summed E-state index contributed by atoms with van der Waals surface area (Å²) in [6.45, 7) is 11.2. The lowest BCUT2D eigenvalue weighted by molar-refractivity contribution is 0.00460. The molecule has 23 heavy (non-hydrogen) atoms. The number of rotatable bonds is 3. The number of amides is 1. The van der Waals surface area contributed by atoms with Crippen molar-refractivity contribution in [2.75, 3.05) is 26.7 Å². The average Bonchev–Trinajstić information content (AvgIpc) is 2.48. The van der Waals surface area contributed by atoms with Gasteiger partial charge in [-0.05, 0) is 79.9 Å². The molecule has 2 heterocycles. The minimum absolute atomic E-state index is 0.153. The minimum atomic E-state index is -0.427. The number of nitrogens with zero attached hydrogens (tertiary/aromatic N) is 2. The molecule has 1 unspecified atom stereocenters. The van der Waals surface area contributed by atoms with Crippen molar-refractivity contribution < 1.29 is 9.53 Å². The second kappa shape index (κ2) is 7.84. The van der Waals surface area contributed by atoms with Gasteiger partial charge < -0.3 is 19.9 Å². The van der Waals surface area contributed by atoms with Crippen molar-refractivity contribution >= 4 is 6.09 Å². The van der Waals surface area contributed by atoms with Crippen molar-refractivity contribution in [3.8, 4) is 0 Å². The molecule has 5 heteroatoms. The Labute approximate surface area is 141 Å². The van der Waals surface area contributed by atoms with Gasteiger partial charge in [-0.1, -0.05) is 0 Å². The van der Waals surface area contributed by atoms with E-state index in [0.717, 1.165) is 32.5 Å². The lowest BCUT2D eigenvalue weighted by Gasteiger charge is -2.42. The van der Waals surface area contributed by atoms with Gasteiger partial charge in [-0.3, -0.25) is 0 Å². The highest BCUT2D eigenvalue weighted by atomic mass is 16.6. The number of likely N-dealkylation sites (tertiary alicyclic amines) is 2. The summed E-state index contributed by atoms with van der Waals surface area (Å²) in [7, 11) is 2.19. The van der Waals surface area contributed by atoms with Crippen LogP contribution in [0.5, 0.6) is 0 Å². The summed E-state index contributed by atoms with van der Waals surface area (Å²) in [4.78, 5) is 16.9. The Morgan fingerprint density at radius 2 is 1.78 bits per heavy atom. The summed E-state index contributed by atoms with van der Waals surface area (Å²) < 4.78 is 5.61. The van der Waals surface area contributed by atoms with Crippen LogP contribution < -0.4 is 5.32 Å². The molecule has 2 aliphatic rings. The number of nitrogens with one attached hydrogen (secondary N) is 1. The maximum atomic E-state index is 12.5. The largest absolute Gasteiger partial charge is 0.444 e. The molecule has 1 N–H and O–H groups in total. The van der Waals surface area contributed by atoms with Crippen LogP contribution in [0.15, 0.2) is 0 Å². The molecular formula is C18H35N3O2. The SMILES string of the molecule is CC(NC1CCN(C)CC1)[C@H]1CCCCN1C(=O)OC(C)(C)C. The Bertz CT molecular complexity index is 386. The van der Waals surface area contributed by atoms with Gasteiger partial charge in [0.25, 0.3) is 0 Å². The molecule has 0 aromatic rings. The van der Waals surface area contributed by atoms with E-state index in [1.165, 1.54) is 19.3 Å². The van der Waals surface area contributed by atoms with Crippen LogP contribution in [0, 0.1) is 0 Å². The third-order valence-corrected chi connectivity index (χ3v) is 4.97. The van der Waals surface area contributed by atoms with E-state index < -0.39 is 5.60 Å². The van der Waals surface area contributed by atoms with Gasteiger partial charge in [0.15, 0.2) is 0 Å². The summed E-state index contributed by atoms with van der Waals surface area (Å²) in [6, 6.07) is 1.14. The first kappa shape index (κ1) is 18.5.